The average Bonchev–Trinajstić information content (AvgIpc) is 2.25. The van der Waals surface area contributed by atoms with Crippen molar-refractivity contribution in [2.24, 2.45) is 11.1 Å². The van der Waals surface area contributed by atoms with Crippen LogP contribution in [0.1, 0.15) is 32.4 Å². The van der Waals surface area contributed by atoms with E-state index < -0.39 is 23.4 Å². The Morgan fingerprint density at radius 3 is 2.35 bits per heavy atom. The smallest absolute Gasteiger partial charge is 0.131 e. The van der Waals surface area contributed by atoms with Crippen molar-refractivity contribution in [3.63, 3.8) is 0 Å². The Hall–Kier alpha value is -1.13. The van der Waals surface area contributed by atoms with Gasteiger partial charge in [0.1, 0.15) is 11.6 Å². The maximum absolute atomic E-state index is 13.8. The maximum atomic E-state index is 13.8. The Bertz CT molecular complexity index is 387. The third-order valence-electron chi connectivity index (χ3n) is 2.79. The second-order valence-electron chi connectivity index (χ2n) is 5.22. The molecule has 96 valence electrons. The lowest BCUT2D eigenvalue weighted by molar-refractivity contribution is 0.0391. The number of aliphatic hydroxyl groups excluding tert-OH is 1. The first kappa shape index (κ1) is 13.9. The van der Waals surface area contributed by atoms with E-state index in [4.69, 9.17) is 10.5 Å². The number of ether oxygens (including phenoxy) is 1. The van der Waals surface area contributed by atoms with Crippen LogP contribution >= 0.6 is 0 Å². The topological polar surface area (TPSA) is 55.5 Å². The summed E-state index contributed by atoms with van der Waals surface area (Å²) in [5.74, 6) is -0.0242. The van der Waals surface area contributed by atoms with Gasteiger partial charge in [0.2, 0.25) is 0 Å². The van der Waals surface area contributed by atoms with Crippen LogP contribution in [0.4, 0.5) is 4.39 Å². The summed E-state index contributed by atoms with van der Waals surface area (Å²) < 4.78 is 18.7. The summed E-state index contributed by atoms with van der Waals surface area (Å²) in [7, 11) is 1.47. The highest BCUT2D eigenvalue weighted by atomic mass is 19.1. The van der Waals surface area contributed by atoms with Crippen LogP contribution in [0.2, 0.25) is 0 Å². The third kappa shape index (κ3) is 3.17. The Labute approximate surface area is 101 Å². The molecule has 1 aromatic carbocycles. The lowest BCUT2D eigenvalue weighted by Gasteiger charge is -2.31. The van der Waals surface area contributed by atoms with Crippen molar-refractivity contribution in [1.82, 2.24) is 0 Å². The molecule has 2 atom stereocenters. The number of methoxy groups -OCH3 is 1. The molecule has 0 unspecified atom stereocenters. The largest absolute Gasteiger partial charge is 0.497 e. The molecule has 3 N–H and O–H groups in total. The van der Waals surface area contributed by atoms with E-state index in [-0.39, 0.29) is 0 Å². The van der Waals surface area contributed by atoms with Crippen LogP contribution in [0.25, 0.3) is 0 Å². The zero-order chi connectivity index (χ0) is 13.2. The molecule has 0 aliphatic carbocycles. The summed E-state index contributed by atoms with van der Waals surface area (Å²) in [4.78, 5) is 0. The van der Waals surface area contributed by atoms with Crippen molar-refractivity contribution in [1.29, 1.82) is 0 Å². The van der Waals surface area contributed by atoms with Crippen LogP contribution in [0.5, 0.6) is 5.75 Å². The number of nitrogens with two attached hydrogens (primary N) is 1. The molecule has 0 spiro atoms. The normalized spacial score (nSPS) is 15.5. The molecular formula is C13H20FNO2. The van der Waals surface area contributed by atoms with Crippen LogP contribution in [-0.4, -0.2) is 18.3 Å². The van der Waals surface area contributed by atoms with Crippen LogP contribution in [0.3, 0.4) is 0 Å². The molecule has 3 nitrogen and oxygen atoms in total. The van der Waals surface area contributed by atoms with Gasteiger partial charge in [-0.1, -0.05) is 26.8 Å². The van der Waals surface area contributed by atoms with Gasteiger partial charge in [0.05, 0.1) is 19.3 Å². The fraction of sp³-hybridized carbons (Fsp3) is 0.538. The summed E-state index contributed by atoms with van der Waals surface area (Å²) in [5.41, 5.74) is 5.79. The first-order valence-corrected chi connectivity index (χ1v) is 5.54. The van der Waals surface area contributed by atoms with E-state index in [0.717, 1.165) is 0 Å². The quantitative estimate of drug-likeness (QED) is 0.853. The molecule has 0 bridgehead atoms. The van der Waals surface area contributed by atoms with Gasteiger partial charge in [-0.3, -0.25) is 0 Å². The molecule has 4 heteroatoms. The predicted octanol–water partition coefficient (Wildman–Crippen LogP) is 2.24. The van der Waals surface area contributed by atoms with Crippen LogP contribution in [0.15, 0.2) is 18.2 Å². The lowest BCUT2D eigenvalue weighted by atomic mass is 9.82. The molecule has 0 radical (unpaired) electrons. The standard InChI is InChI=1S/C13H20FNO2/c1-13(2,3)12(16)11(15)9-6-5-8(17-4)7-10(9)14/h5-7,11-12,16H,15H2,1-4H3/t11-,12-/m0/s1. The van der Waals surface area contributed by atoms with E-state index >= 15 is 0 Å². The summed E-state index contributed by atoms with van der Waals surface area (Å²) in [6, 6.07) is 3.70. The zero-order valence-electron chi connectivity index (χ0n) is 10.7. The zero-order valence-corrected chi connectivity index (χ0v) is 10.7. The van der Waals surface area contributed by atoms with E-state index in [9.17, 15) is 9.50 Å². The van der Waals surface area contributed by atoms with Gasteiger partial charge in [-0.25, -0.2) is 4.39 Å². The molecule has 0 aromatic heterocycles. The van der Waals surface area contributed by atoms with Crippen molar-refractivity contribution in [3.8, 4) is 5.75 Å². The summed E-state index contributed by atoms with van der Waals surface area (Å²) in [6.07, 6.45) is -0.814. The molecule has 1 rings (SSSR count). The molecule has 0 fully saturated rings. The van der Waals surface area contributed by atoms with E-state index in [2.05, 4.69) is 0 Å². The number of hydrogen-bond acceptors (Lipinski definition) is 3. The minimum absolute atomic E-state index is 0.299. The number of benzene rings is 1. The fourth-order valence-corrected chi connectivity index (χ4v) is 1.61. The lowest BCUT2D eigenvalue weighted by Crippen LogP contribution is -2.37. The Morgan fingerprint density at radius 2 is 1.94 bits per heavy atom. The highest BCUT2D eigenvalue weighted by Gasteiger charge is 2.30. The van der Waals surface area contributed by atoms with Gasteiger partial charge in [0, 0.05) is 11.6 Å². The molecule has 17 heavy (non-hydrogen) atoms. The Morgan fingerprint density at radius 1 is 1.35 bits per heavy atom. The highest BCUT2D eigenvalue weighted by molar-refractivity contribution is 5.31. The van der Waals surface area contributed by atoms with E-state index in [0.29, 0.717) is 11.3 Å². The van der Waals surface area contributed by atoms with Crippen molar-refractivity contribution >= 4 is 0 Å². The average molecular weight is 241 g/mol. The molecule has 0 saturated heterocycles. The predicted molar refractivity (Wildman–Crippen MR) is 65.3 cm³/mol. The molecule has 0 amide bonds. The molecule has 0 aliphatic heterocycles. The van der Waals surface area contributed by atoms with Gasteiger partial charge in [0.25, 0.3) is 0 Å². The Balaban J connectivity index is 3.01. The van der Waals surface area contributed by atoms with Crippen LogP contribution < -0.4 is 10.5 Å². The van der Waals surface area contributed by atoms with Gasteiger partial charge in [0.15, 0.2) is 0 Å². The SMILES string of the molecule is COc1ccc([C@H](N)[C@H](O)C(C)(C)C)c(F)c1. The second kappa shape index (κ2) is 5.02. The van der Waals surface area contributed by atoms with Gasteiger partial charge >= 0.3 is 0 Å². The van der Waals surface area contributed by atoms with Crippen LogP contribution in [-0.2, 0) is 0 Å². The summed E-state index contributed by atoms with van der Waals surface area (Å²) in [5, 5.41) is 10.0. The van der Waals surface area contributed by atoms with Crippen molar-refractivity contribution in [3.05, 3.63) is 29.6 Å². The van der Waals surface area contributed by atoms with Crippen molar-refractivity contribution in [2.45, 2.75) is 32.9 Å². The first-order valence-electron chi connectivity index (χ1n) is 5.54. The number of aliphatic hydroxyl groups is 1. The molecule has 0 heterocycles. The molecule has 0 aliphatic rings. The van der Waals surface area contributed by atoms with E-state index in [1.807, 2.05) is 20.8 Å². The minimum Gasteiger partial charge on any atom is -0.497 e. The van der Waals surface area contributed by atoms with Crippen molar-refractivity contribution < 1.29 is 14.2 Å². The molecule has 0 saturated carbocycles. The summed E-state index contributed by atoms with van der Waals surface area (Å²) >= 11 is 0. The fourth-order valence-electron chi connectivity index (χ4n) is 1.61. The first-order chi connectivity index (χ1) is 7.77. The monoisotopic (exact) mass is 241 g/mol. The van der Waals surface area contributed by atoms with Gasteiger partial charge in [-0.15, -0.1) is 0 Å². The number of rotatable bonds is 3. The molecule has 1 aromatic rings. The van der Waals surface area contributed by atoms with Gasteiger partial charge < -0.3 is 15.6 Å². The third-order valence-corrected chi connectivity index (χ3v) is 2.79. The van der Waals surface area contributed by atoms with Gasteiger partial charge in [-0.2, -0.15) is 0 Å². The van der Waals surface area contributed by atoms with E-state index in [1.54, 1.807) is 12.1 Å². The van der Waals surface area contributed by atoms with Crippen LogP contribution in [0, 0.1) is 11.2 Å². The number of halogens is 1. The minimum atomic E-state index is -0.814. The number of hydrogen-bond donors (Lipinski definition) is 2. The van der Waals surface area contributed by atoms with E-state index in [1.165, 1.54) is 13.2 Å². The van der Waals surface area contributed by atoms with Crippen molar-refractivity contribution in [2.75, 3.05) is 7.11 Å². The maximum Gasteiger partial charge on any atom is 0.131 e. The Kier molecular flexibility index (Phi) is 4.11. The summed E-state index contributed by atoms with van der Waals surface area (Å²) in [6.45, 7) is 5.58. The van der Waals surface area contributed by atoms with Gasteiger partial charge in [-0.05, 0) is 11.5 Å². The highest BCUT2D eigenvalue weighted by Crippen LogP contribution is 2.30. The second-order valence-corrected chi connectivity index (χ2v) is 5.22. The molecular weight excluding hydrogens is 221 g/mol.